The number of allylic oxidation sites excluding steroid dienone is 1. The first kappa shape index (κ1) is 17.1. The van der Waals surface area contributed by atoms with E-state index in [9.17, 15) is 4.79 Å². The van der Waals surface area contributed by atoms with Crippen molar-refractivity contribution in [2.75, 3.05) is 21.3 Å². The summed E-state index contributed by atoms with van der Waals surface area (Å²) in [5.74, 6) is 1.51. The molecule has 0 fully saturated rings. The molecule has 0 aliphatic heterocycles. The molecule has 0 atom stereocenters. The van der Waals surface area contributed by atoms with Gasteiger partial charge in [0.1, 0.15) is 0 Å². The van der Waals surface area contributed by atoms with E-state index in [0.717, 1.165) is 25.7 Å². The van der Waals surface area contributed by atoms with Crippen LogP contribution in [0.3, 0.4) is 0 Å². The number of Topliss-reactive ketones (excluding diaryl/α,β-unsaturated/α-hetero) is 1. The monoisotopic (exact) mass is 292 g/mol. The van der Waals surface area contributed by atoms with Gasteiger partial charge in [-0.2, -0.15) is 0 Å². The predicted molar refractivity (Wildman–Crippen MR) is 83.7 cm³/mol. The number of benzene rings is 1. The van der Waals surface area contributed by atoms with Crippen LogP contribution in [-0.2, 0) is 0 Å². The number of ether oxygens (including phenoxy) is 3. The normalized spacial score (nSPS) is 10.0. The molecule has 1 aromatic rings. The van der Waals surface area contributed by atoms with Crippen LogP contribution >= 0.6 is 0 Å². The summed E-state index contributed by atoms with van der Waals surface area (Å²) < 4.78 is 15.8. The Kier molecular flexibility index (Phi) is 7.37. The molecule has 4 nitrogen and oxygen atoms in total. The fourth-order valence-corrected chi connectivity index (χ4v) is 2.21. The Morgan fingerprint density at radius 2 is 1.76 bits per heavy atom. The highest BCUT2D eigenvalue weighted by atomic mass is 16.5. The quantitative estimate of drug-likeness (QED) is 0.371. The van der Waals surface area contributed by atoms with Crippen molar-refractivity contribution in [2.24, 2.45) is 0 Å². The van der Waals surface area contributed by atoms with Gasteiger partial charge in [-0.15, -0.1) is 6.58 Å². The summed E-state index contributed by atoms with van der Waals surface area (Å²) in [6, 6.07) is 3.46. The highest BCUT2D eigenvalue weighted by Gasteiger charge is 2.20. The van der Waals surface area contributed by atoms with E-state index in [1.807, 2.05) is 6.08 Å². The Morgan fingerprint density at radius 1 is 1.05 bits per heavy atom. The zero-order chi connectivity index (χ0) is 15.7. The summed E-state index contributed by atoms with van der Waals surface area (Å²) in [6.45, 7) is 3.69. The fourth-order valence-electron chi connectivity index (χ4n) is 2.21. The third kappa shape index (κ3) is 4.52. The molecule has 4 heteroatoms. The van der Waals surface area contributed by atoms with Crippen molar-refractivity contribution in [3.8, 4) is 17.2 Å². The molecule has 0 unspecified atom stereocenters. The zero-order valence-corrected chi connectivity index (χ0v) is 13.1. The molecule has 1 rings (SSSR count). The minimum Gasteiger partial charge on any atom is -0.493 e. The molecular formula is C17H24O4. The summed E-state index contributed by atoms with van der Waals surface area (Å²) in [4.78, 5) is 12.3. The third-order valence-electron chi connectivity index (χ3n) is 3.32. The van der Waals surface area contributed by atoms with Gasteiger partial charge in [-0.05, 0) is 31.4 Å². The first-order valence-electron chi connectivity index (χ1n) is 7.12. The van der Waals surface area contributed by atoms with Gasteiger partial charge >= 0.3 is 0 Å². The lowest BCUT2D eigenvalue weighted by Crippen LogP contribution is -2.05. The average Bonchev–Trinajstić information content (AvgIpc) is 2.52. The van der Waals surface area contributed by atoms with E-state index in [1.54, 1.807) is 19.2 Å². The van der Waals surface area contributed by atoms with Gasteiger partial charge in [0.2, 0.25) is 5.75 Å². The Hall–Kier alpha value is -1.97. The topological polar surface area (TPSA) is 44.8 Å². The smallest absolute Gasteiger partial charge is 0.204 e. The molecular weight excluding hydrogens is 268 g/mol. The van der Waals surface area contributed by atoms with Gasteiger partial charge in [-0.3, -0.25) is 4.79 Å². The maximum absolute atomic E-state index is 12.3. The summed E-state index contributed by atoms with van der Waals surface area (Å²) >= 11 is 0. The SMILES string of the molecule is C=CCCCCCC(=O)c1ccc(OC)c(OC)c1OC. The second-order valence-corrected chi connectivity index (χ2v) is 4.69. The fraction of sp³-hybridized carbons (Fsp3) is 0.471. The number of methoxy groups -OCH3 is 3. The number of unbranched alkanes of at least 4 members (excludes halogenated alkanes) is 3. The van der Waals surface area contributed by atoms with Gasteiger partial charge in [0.25, 0.3) is 0 Å². The van der Waals surface area contributed by atoms with Crippen molar-refractivity contribution in [1.82, 2.24) is 0 Å². The number of carbonyl (C=O) groups excluding carboxylic acids is 1. The van der Waals surface area contributed by atoms with E-state index in [-0.39, 0.29) is 5.78 Å². The summed E-state index contributed by atoms with van der Waals surface area (Å²) in [7, 11) is 4.61. The Labute approximate surface area is 126 Å². The molecule has 0 saturated heterocycles. The predicted octanol–water partition coefficient (Wildman–Crippen LogP) is 4.03. The number of carbonyl (C=O) groups is 1. The van der Waals surface area contributed by atoms with Gasteiger partial charge in [-0.1, -0.05) is 12.5 Å². The molecule has 0 aromatic heterocycles. The lowest BCUT2D eigenvalue weighted by atomic mass is 10.0. The summed E-state index contributed by atoms with van der Waals surface area (Å²) in [5.41, 5.74) is 0.541. The van der Waals surface area contributed by atoms with Crippen molar-refractivity contribution in [3.05, 3.63) is 30.4 Å². The van der Waals surface area contributed by atoms with Crippen LogP contribution in [0.4, 0.5) is 0 Å². The Balaban J connectivity index is 2.81. The molecule has 0 saturated carbocycles. The van der Waals surface area contributed by atoms with Gasteiger partial charge in [0.05, 0.1) is 26.9 Å². The van der Waals surface area contributed by atoms with E-state index in [2.05, 4.69) is 6.58 Å². The maximum atomic E-state index is 12.3. The number of ketones is 1. The molecule has 0 aliphatic rings. The Morgan fingerprint density at radius 3 is 2.33 bits per heavy atom. The van der Waals surface area contributed by atoms with Gasteiger partial charge in [0, 0.05) is 6.42 Å². The molecule has 0 N–H and O–H groups in total. The van der Waals surface area contributed by atoms with Crippen molar-refractivity contribution >= 4 is 5.78 Å². The highest BCUT2D eigenvalue weighted by Crippen LogP contribution is 2.40. The number of rotatable bonds is 10. The highest BCUT2D eigenvalue weighted by molar-refractivity contribution is 5.99. The molecule has 0 spiro atoms. The molecule has 1 aromatic carbocycles. The van der Waals surface area contributed by atoms with Gasteiger partial charge in [-0.25, -0.2) is 0 Å². The van der Waals surface area contributed by atoms with Gasteiger partial charge in [0.15, 0.2) is 17.3 Å². The van der Waals surface area contributed by atoms with Crippen molar-refractivity contribution in [1.29, 1.82) is 0 Å². The van der Waals surface area contributed by atoms with Crippen LogP contribution in [0.15, 0.2) is 24.8 Å². The van der Waals surface area contributed by atoms with Gasteiger partial charge < -0.3 is 14.2 Å². The largest absolute Gasteiger partial charge is 0.493 e. The first-order chi connectivity index (χ1) is 10.2. The van der Waals surface area contributed by atoms with Crippen LogP contribution in [0.5, 0.6) is 17.2 Å². The van der Waals surface area contributed by atoms with Crippen LogP contribution < -0.4 is 14.2 Å². The van der Waals surface area contributed by atoms with E-state index in [4.69, 9.17) is 14.2 Å². The lowest BCUT2D eigenvalue weighted by molar-refractivity contribution is 0.0975. The number of hydrogen-bond donors (Lipinski definition) is 0. The van der Waals surface area contributed by atoms with Crippen LogP contribution in [-0.4, -0.2) is 27.1 Å². The van der Waals surface area contributed by atoms with Crippen LogP contribution in [0, 0.1) is 0 Å². The molecule has 0 radical (unpaired) electrons. The first-order valence-corrected chi connectivity index (χ1v) is 7.12. The van der Waals surface area contributed by atoms with Crippen molar-refractivity contribution < 1.29 is 19.0 Å². The molecule has 0 bridgehead atoms. The second kappa shape index (κ2) is 9.06. The van der Waals surface area contributed by atoms with Crippen LogP contribution in [0.1, 0.15) is 42.5 Å². The zero-order valence-electron chi connectivity index (χ0n) is 13.1. The second-order valence-electron chi connectivity index (χ2n) is 4.69. The van der Waals surface area contributed by atoms with Crippen LogP contribution in [0.2, 0.25) is 0 Å². The molecule has 0 amide bonds. The standard InChI is InChI=1S/C17H24O4/c1-5-6-7-8-9-10-14(18)13-11-12-15(19-2)17(21-4)16(13)20-3/h5,11-12H,1,6-10H2,2-4H3. The van der Waals surface area contributed by atoms with Crippen molar-refractivity contribution in [3.63, 3.8) is 0 Å². The lowest BCUT2D eigenvalue weighted by Gasteiger charge is -2.15. The van der Waals surface area contributed by atoms with E-state index in [1.165, 1.54) is 14.2 Å². The molecule has 21 heavy (non-hydrogen) atoms. The maximum Gasteiger partial charge on any atom is 0.204 e. The molecule has 0 heterocycles. The number of hydrogen-bond acceptors (Lipinski definition) is 4. The van der Waals surface area contributed by atoms with E-state index in [0.29, 0.717) is 29.2 Å². The molecule has 116 valence electrons. The minimum absolute atomic E-state index is 0.0615. The van der Waals surface area contributed by atoms with E-state index >= 15 is 0 Å². The van der Waals surface area contributed by atoms with Crippen molar-refractivity contribution in [2.45, 2.75) is 32.1 Å². The average molecular weight is 292 g/mol. The summed E-state index contributed by atoms with van der Waals surface area (Å²) in [6.07, 6.45) is 6.35. The van der Waals surface area contributed by atoms with E-state index < -0.39 is 0 Å². The third-order valence-corrected chi connectivity index (χ3v) is 3.32. The Bertz CT molecular complexity index is 480. The summed E-state index contributed by atoms with van der Waals surface area (Å²) in [5, 5.41) is 0. The molecule has 0 aliphatic carbocycles. The van der Waals surface area contributed by atoms with Crippen LogP contribution in [0.25, 0.3) is 0 Å². The minimum atomic E-state index is 0.0615.